The summed E-state index contributed by atoms with van der Waals surface area (Å²) in [6.07, 6.45) is 0. The summed E-state index contributed by atoms with van der Waals surface area (Å²) >= 11 is 12.0. The van der Waals surface area contributed by atoms with Crippen LogP contribution in [0.3, 0.4) is 0 Å². The molecule has 0 radical (unpaired) electrons. The molecule has 3 rings (SSSR count). The van der Waals surface area contributed by atoms with Crippen molar-refractivity contribution < 1.29 is 0 Å². The van der Waals surface area contributed by atoms with Crippen molar-refractivity contribution in [1.82, 2.24) is 9.55 Å². The van der Waals surface area contributed by atoms with Crippen molar-refractivity contribution in [2.24, 2.45) is 0 Å². The molecular weight excluding hydrogens is 305 g/mol. The Morgan fingerprint density at radius 2 is 1.81 bits per heavy atom. The smallest absolute Gasteiger partial charge is 0.129 e. The van der Waals surface area contributed by atoms with Gasteiger partial charge in [-0.15, -0.1) is 0 Å². The molecule has 3 aromatic rings. The topological polar surface area (TPSA) is 29.9 Å². The normalized spacial score (nSPS) is 11.0. The number of nitrogens with one attached hydrogen (secondary N) is 1. The largest absolute Gasteiger partial charge is 0.378 e. The number of halogens is 2. The third kappa shape index (κ3) is 2.99. The fourth-order valence-electron chi connectivity index (χ4n) is 2.45. The molecule has 5 heteroatoms. The van der Waals surface area contributed by atoms with Crippen molar-refractivity contribution in [2.75, 3.05) is 5.32 Å². The van der Waals surface area contributed by atoms with Crippen molar-refractivity contribution in [1.29, 1.82) is 0 Å². The predicted molar refractivity (Wildman–Crippen MR) is 89.2 cm³/mol. The lowest BCUT2D eigenvalue weighted by molar-refractivity contribution is 0.729. The molecule has 0 unspecified atom stereocenters. The second-order valence-corrected chi connectivity index (χ2v) is 5.65. The fraction of sp³-hybridized carbons (Fsp3) is 0.188. The zero-order valence-corrected chi connectivity index (χ0v) is 13.1. The maximum Gasteiger partial charge on any atom is 0.129 e. The molecule has 0 bridgehead atoms. The van der Waals surface area contributed by atoms with Gasteiger partial charge in [0.2, 0.25) is 0 Å². The summed E-state index contributed by atoms with van der Waals surface area (Å²) < 4.78 is 2.20. The van der Waals surface area contributed by atoms with E-state index in [1.807, 2.05) is 30.3 Å². The first kappa shape index (κ1) is 14.2. The Kier molecular flexibility index (Phi) is 4.04. The maximum absolute atomic E-state index is 6.01. The van der Waals surface area contributed by atoms with E-state index >= 15 is 0 Å². The number of hydrogen-bond acceptors (Lipinski definition) is 2. The lowest BCUT2D eigenvalue weighted by atomic mass is 10.3. The molecule has 0 aliphatic carbocycles. The SMILES string of the molecule is CCn1c(CNc2cc(Cl)cc(Cl)c2)nc2ccccc21. The molecule has 0 saturated carbocycles. The van der Waals surface area contributed by atoms with E-state index in [0.717, 1.165) is 29.1 Å². The number of aromatic nitrogens is 2. The minimum absolute atomic E-state index is 0.619. The van der Waals surface area contributed by atoms with Gasteiger partial charge in [-0.1, -0.05) is 35.3 Å². The number of aryl methyl sites for hydroxylation is 1. The standard InChI is InChI=1S/C16H15Cl2N3/c1-2-21-15-6-4-3-5-14(15)20-16(21)10-19-13-8-11(17)7-12(18)9-13/h3-9,19H,2,10H2,1H3. The van der Waals surface area contributed by atoms with Gasteiger partial charge in [-0.3, -0.25) is 0 Å². The number of para-hydroxylation sites is 2. The van der Waals surface area contributed by atoms with Gasteiger partial charge in [0, 0.05) is 22.3 Å². The molecule has 21 heavy (non-hydrogen) atoms. The van der Waals surface area contributed by atoms with Crippen molar-refractivity contribution in [3.63, 3.8) is 0 Å². The van der Waals surface area contributed by atoms with Crippen LogP contribution in [0.2, 0.25) is 10.0 Å². The highest BCUT2D eigenvalue weighted by molar-refractivity contribution is 6.35. The Labute approximate surface area is 133 Å². The van der Waals surface area contributed by atoms with Crippen LogP contribution in [0.25, 0.3) is 11.0 Å². The van der Waals surface area contributed by atoms with E-state index in [-0.39, 0.29) is 0 Å². The number of imidazole rings is 1. The zero-order chi connectivity index (χ0) is 14.8. The van der Waals surface area contributed by atoms with Crippen molar-refractivity contribution in [3.05, 3.63) is 58.3 Å². The summed E-state index contributed by atoms with van der Waals surface area (Å²) in [5, 5.41) is 4.56. The molecule has 0 fully saturated rings. The zero-order valence-electron chi connectivity index (χ0n) is 11.6. The van der Waals surface area contributed by atoms with Gasteiger partial charge in [-0.25, -0.2) is 4.98 Å². The van der Waals surface area contributed by atoms with Crippen LogP contribution in [0.15, 0.2) is 42.5 Å². The van der Waals surface area contributed by atoms with Gasteiger partial charge in [0.1, 0.15) is 5.82 Å². The number of benzene rings is 2. The minimum Gasteiger partial charge on any atom is -0.378 e. The molecule has 0 saturated heterocycles. The average molecular weight is 320 g/mol. The van der Waals surface area contributed by atoms with Crippen LogP contribution in [0.1, 0.15) is 12.7 Å². The number of anilines is 1. The van der Waals surface area contributed by atoms with E-state index in [0.29, 0.717) is 16.6 Å². The number of fused-ring (bicyclic) bond motifs is 1. The molecule has 1 aromatic heterocycles. The molecule has 2 aromatic carbocycles. The third-order valence-electron chi connectivity index (χ3n) is 3.36. The summed E-state index contributed by atoms with van der Waals surface area (Å²) in [6, 6.07) is 13.6. The Bertz CT molecular complexity index is 760. The van der Waals surface area contributed by atoms with E-state index in [1.54, 1.807) is 6.07 Å². The number of nitrogens with zero attached hydrogens (tertiary/aromatic N) is 2. The van der Waals surface area contributed by atoms with Gasteiger partial charge in [0.25, 0.3) is 0 Å². The van der Waals surface area contributed by atoms with Gasteiger partial charge in [-0.2, -0.15) is 0 Å². The molecular formula is C16H15Cl2N3. The highest BCUT2D eigenvalue weighted by atomic mass is 35.5. The minimum atomic E-state index is 0.619. The van der Waals surface area contributed by atoms with Crippen LogP contribution < -0.4 is 5.32 Å². The summed E-state index contributed by atoms with van der Waals surface area (Å²) in [7, 11) is 0. The molecule has 0 aliphatic rings. The molecule has 3 nitrogen and oxygen atoms in total. The average Bonchev–Trinajstić information content (AvgIpc) is 2.81. The second-order valence-electron chi connectivity index (χ2n) is 4.77. The van der Waals surface area contributed by atoms with Gasteiger partial charge in [0.05, 0.1) is 17.6 Å². The van der Waals surface area contributed by atoms with Crippen LogP contribution in [-0.2, 0) is 13.1 Å². The molecule has 1 N–H and O–H groups in total. The van der Waals surface area contributed by atoms with Crippen LogP contribution in [-0.4, -0.2) is 9.55 Å². The number of rotatable bonds is 4. The van der Waals surface area contributed by atoms with Crippen LogP contribution in [0.5, 0.6) is 0 Å². The van der Waals surface area contributed by atoms with Crippen LogP contribution in [0, 0.1) is 0 Å². The first-order chi connectivity index (χ1) is 10.2. The summed E-state index contributed by atoms with van der Waals surface area (Å²) in [5.41, 5.74) is 3.06. The van der Waals surface area contributed by atoms with Gasteiger partial charge in [-0.05, 0) is 37.3 Å². The van der Waals surface area contributed by atoms with Crippen LogP contribution in [0.4, 0.5) is 5.69 Å². The quantitative estimate of drug-likeness (QED) is 0.735. The first-order valence-corrected chi connectivity index (χ1v) is 7.57. The summed E-state index contributed by atoms with van der Waals surface area (Å²) in [5.74, 6) is 0.995. The van der Waals surface area contributed by atoms with Gasteiger partial charge >= 0.3 is 0 Å². The predicted octanol–water partition coefficient (Wildman–Crippen LogP) is 4.98. The Morgan fingerprint density at radius 1 is 1.10 bits per heavy atom. The van der Waals surface area contributed by atoms with E-state index in [4.69, 9.17) is 23.2 Å². The Morgan fingerprint density at radius 3 is 2.52 bits per heavy atom. The van der Waals surface area contributed by atoms with Gasteiger partial charge in [0.15, 0.2) is 0 Å². The molecule has 0 atom stereocenters. The Hall–Kier alpha value is -1.71. The third-order valence-corrected chi connectivity index (χ3v) is 3.80. The summed E-state index contributed by atoms with van der Waals surface area (Å²) in [4.78, 5) is 4.68. The van der Waals surface area contributed by atoms with E-state index in [1.165, 1.54) is 0 Å². The summed E-state index contributed by atoms with van der Waals surface area (Å²) in [6.45, 7) is 3.63. The molecule has 0 aliphatic heterocycles. The van der Waals surface area contributed by atoms with Gasteiger partial charge < -0.3 is 9.88 Å². The Balaban J connectivity index is 1.88. The van der Waals surface area contributed by atoms with E-state index < -0.39 is 0 Å². The lowest BCUT2D eigenvalue weighted by Gasteiger charge is -2.09. The highest BCUT2D eigenvalue weighted by Gasteiger charge is 2.08. The molecule has 0 spiro atoms. The van der Waals surface area contributed by atoms with Crippen molar-refractivity contribution in [2.45, 2.75) is 20.0 Å². The molecule has 0 amide bonds. The first-order valence-electron chi connectivity index (χ1n) is 6.81. The van der Waals surface area contributed by atoms with Crippen molar-refractivity contribution >= 4 is 39.9 Å². The van der Waals surface area contributed by atoms with E-state index in [9.17, 15) is 0 Å². The molecule has 1 heterocycles. The van der Waals surface area contributed by atoms with Crippen LogP contribution >= 0.6 is 23.2 Å². The highest BCUT2D eigenvalue weighted by Crippen LogP contribution is 2.23. The fourth-order valence-corrected chi connectivity index (χ4v) is 2.98. The van der Waals surface area contributed by atoms with E-state index in [2.05, 4.69) is 27.9 Å². The monoisotopic (exact) mass is 319 g/mol. The van der Waals surface area contributed by atoms with Crippen molar-refractivity contribution in [3.8, 4) is 0 Å². The maximum atomic E-state index is 6.01. The molecule has 108 valence electrons. The lowest BCUT2D eigenvalue weighted by Crippen LogP contribution is -2.07. The number of hydrogen-bond donors (Lipinski definition) is 1. The second kappa shape index (κ2) is 5.96.